The van der Waals surface area contributed by atoms with Gasteiger partial charge in [-0.25, -0.2) is 4.98 Å². The first-order valence-corrected chi connectivity index (χ1v) is 5.80. The molecule has 0 radical (unpaired) electrons. The highest BCUT2D eigenvalue weighted by atomic mass is 16.4. The molecule has 1 aromatic heterocycles. The van der Waals surface area contributed by atoms with Gasteiger partial charge in [-0.15, -0.1) is 0 Å². The number of aryl methyl sites for hydroxylation is 1. The second-order valence-corrected chi connectivity index (χ2v) is 4.72. The van der Waals surface area contributed by atoms with Crippen molar-refractivity contribution in [1.29, 1.82) is 0 Å². The van der Waals surface area contributed by atoms with Gasteiger partial charge >= 0.3 is 5.97 Å². The van der Waals surface area contributed by atoms with Crippen LogP contribution < -0.4 is 5.56 Å². The lowest BCUT2D eigenvalue weighted by molar-refractivity contribution is -0.136. The third-order valence-corrected chi connectivity index (χ3v) is 3.25. The summed E-state index contributed by atoms with van der Waals surface area (Å²) in [5, 5.41) is 8.79. The summed E-state index contributed by atoms with van der Waals surface area (Å²) in [5.41, 5.74) is 0.690. The summed E-state index contributed by atoms with van der Waals surface area (Å²) >= 11 is 0. The molecule has 92 valence electrons. The minimum Gasteiger partial charge on any atom is -0.481 e. The Morgan fingerprint density at radius 3 is 2.94 bits per heavy atom. The number of hydrogen-bond donors (Lipinski definition) is 1. The van der Waals surface area contributed by atoms with Crippen molar-refractivity contribution >= 4 is 5.97 Å². The molecule has 1 aromatic rings. The van der Waals surface area contributed by atoms with E-state index in [1.807, 2.05) is 0 Å². The van der Waals surface area contributed by atoms with Gasteiger partial charge in [0.05, 0.1) is 6.42 Å². The zero-order valence-electron chi connectivity index (χ0n) is 10.1. The van der Waals surface area contributed by atoms with Gasteiger partial charge in [-0.1, -0.05) is 6.92 Å². The highest BCUT2D eigenvalue weighted by Gasteiger charge is 2.21. The second-order valence-electron chi connectivity index (χ2n) is 4.72. The van der Waals surface area contributed by atoms with Crippen LogP contribution in [0.3, 0.4) is 0 Å². The van der Waals surface area contributed by atoms with E-state index in [9.17, 15) is 9.59 Å². The van der Waals surface area contributed by atoms with Crippen LogP contribution in [-0.2, 0) is 24.2 Å². The molecule has 5 nitrogen and oxygen atoms in total. The molecule has 0 bridgehead atoms. The number of carboxylic acids is 1. The summed E-state index contributed by atoms with van der Waals surface area (Å²) in [7, 11) is 0. The topological polar surface area (TPSA) is 72.2 Å². The molecule has 5 heteroatoms. The summed E-state index contributed by atoms with van der Waals surface area (Å²) in [6, 6.07) is 0. The fourth-order valence-electron chi connectivity index (χ4n) is 2.26. The van der Waals surface area contributed by atoms with E-state index >= 15 is 0 Å². The zero-order chi connectivity index (χ0) is 12.6. The van der Waals surface area contributed by atoms with Gasteiger partial charge < -0.3 is 5.11 Å². The van der Waals surface area contributed by atoms with Crippen LogP contribution in [-0.4, -0.2) is 20.6 Å². The molecule has 17 heavy (non-hydrogen) atoms. The lowest BCUT2D eigenvalue weighted by Gasteiger charge is -2.23. The van der Waals surface area contributed by atoms with Gasteiger partial charge in [0.2, 0.25) is 0 Å². The molecule has 1 atom stereocenters. The van der Waals surface area contributed by atoms with Crippen molar-refractivity contribution < 1.29 is 9.90 Å². The molecule has 0 amide bonds. The van der Waals surface area contributed by atoms with Crippen LogP contribution in [0.2, 0.25) is 0 Å². The normalized spacial score (nSPS) is 18.8. The third kappa shape index (κ3) is 2.23. The Hall–Kier alpha value is -1.65. The van der Waals surface area contributed by atoms with Crippen LogP contribution >= 0.6 is 0 Å². The molecule has 1 aliphatic rings. The maximum atomic E-state index is 12.1. The number of nitrogens with zero attached hydrogens (tertiary/aromatic N) is 2. The van der Waals surface area contributed by atoms with Crippen LogP contribution in [0.5, 0.6) is 0 Å². The first-order chi connectivity index (χ1) is 7.99. The van der Waals surface area contributed by atoms with Crippen molar-refractivity contribution in [3.05, 3.63) is 27.4 Å². The van der Waals surface area contributed by atoms with Crippen LogP contribution in [0.25, 0.3) is 0 Å². The SMILES string of the molecule is Cc1nc2n(c(=O)c1CC(=O)O)CCC(C)C2. The summed E-state index contributed by atoms with van der Waals surface area (Å²) in [5.74, 6) is 0.337. The van der Waals surface area contributed by atoms with Crippen LogP contribution in [0.4, 0.5) is 0 Å². The van der Waals surface area contributed by atoms with Crippen LogP contribution in [0.1, 0.15) is 30.4 Å². The molecule has 1 unspecified atom stereocenters. The molecule has 1 aliphatic heterocycles. The molecule has 0 aromatic carbocycles. The lowest BCUT2D eigenvalue weighted by atomic mass is 9.99. The number of hydrogen-bond acceptors (Lipinski definition) is 3. The Kier molecular flexibility index (Phi) is 3.00. The van der Waals surface area contributed by atoms with E-state index in [2.05, 4.69) is 11.9 Å². The number of fused-ring (bicyclic) bond motifs is 1. The van der Waals surface area contributed by atoms with Gasteiger partial charge in [0.1, 0.15) is 5.82 Å². The third-order valence-electron chi connectivity index (χ3n) is 3.25. The van der Waals surface area contributed by atoms with Gasteiger partial charge in [-0.2, -0.15) is 0 Å². The molecular weight excluding hydrogens is 220 g/mol. The average Bonchev–Trinajstić information content (AvgIpc) is 2.23. The molecule has 1 N–H and O–H groups in total. The summed E-state index contributed by atoms with van der Waals surface area (Å²) in [6.07, 6.45) is 1.50. The number of rotatable bonds is 2. The number of aromatic nitrogens is 2. The first-order valence-electron chi connectivity index (χ1n) is 5.80. The predicted molar refractivity (Wildman–Crippen MR) is 62.1 cm³/mol. The fraction of sp³-hybridized carbons (Fsp3) is 0.583. The molecule has 0 saturated heterocycles. The fourth-order valence-corrected chi connectivity index (χ4v) is 2.26. The molecule has 0 saturated carbocycles. The Morgan fingerprint density at radius 2 is 2.29 bits per heavy atom. The van der Waals surface area contributed by atoms with E-state index in [-0.39, 0.29) is 12.0 Å². The predicted octanol–water partition coefficient (Wildman–Crippen LogP) is 0.761. The highest BCUT2D eigenvalue weighted by molar-refractivity contribution is 5.70. The van der Waals surface area contributed by atoms with Crippen molar-refractivity contribution in [2.24, 2.45) is 5.92 Å². The van der Waals surface area contributed by atoms with E-state index in [0.29, 0.717) is 23.7 Å². The summed E-state index contributed by atoms with van der Waals surface area (Å²) in [4.78, 5) is 27.2. The molecule has 2 heterocycles. The highest BCUT2D eigenvalue weighted by Crippen LogP contribution is 2.17. The smallest absolute Gasteiger partial charge is 0.308 e. The van der Waals surface area contributed by atoms with Gasteiger partial charge in [0.15, 0.2) is 0 Å². The van der Waals surface area contributed by atoms with Crippen molar-refractivity contribution in [3.63, 3.8) is 0 Å². The van der Waals surface area contributed by atoms with E-state index < -0.39 is 5.97 Å². The molecular formula is C12H16N2O3. The quantitative estimate of drug-likeness (QED) is 0.822. The molecule has 0 spiro atoms. The van der Waals surface area contributed by atoms with Gasteiger partial charge in [-0.3, -0.25) is 14.2 Å². The van der Waals surface area contributed by atoms with Crippen LogP contribution in [0.15, 0.2) is 4.79 Å². The van der Waals surface area contributed by atoms with E-state index in [4.69, 9.17) is 5.11 Å². The van der Waals surface area contributed by atoms with Gasteiger partial charge in [0, 0.05) is 24.2 Å². The Bertz CT molecular complexity index is 519. The van der Waals surface area contributed by atoms with Crippen molar-refractivity contribution in [2.45, 2.75) is 39.7 Å². The van der Waals surface area contributed by atoms with Gasteiger partial charge in [-0.05, 0) is 19.3 Å². The zero-order valence-corrected chi connectivity index (χ0v) is 10.1. The molecule has 0 aliphatic carbocycles. The monoisotopic (exact) mass is 236 g/mol. The number of aliphatic carboxylic acids is 1. The maximum absolute atomic E-state index is 12.1. The minimum absolute atomic E-state index is 0.179. The van der Waals surface area contributed by atoms with Crippen LogP contribution in [0, 0.1) is 12.8 Å². The lowest BCUT2D eigenvalue weighted by Crippen LogP contribution is -2.34. The Balaban J connectivity index is 2.51. The Labute approximate surface area is 99.1 Å². The Morgan fingerprint density at radius 1 is 1.59 bits per heavy atom. The summed E-state index contributed by atoms with van der Waals surface area (Å²) < 4.78 is 1.63. The number of carboxylic acid groups (broad SMARTS) is 1. The number of carbonyl (C=O) groups is 1. The van der Waals surface area contributed by atoms with E-state index in [1.54, 1.807) is 11.5 Å². The molecule has 2 rings (SSSR count). The second kappa shape index (κ2) is 4.31. The van der Waals surface area contributed by atoms with Crippen molar-refractivity contribution in [2.75, 3.05) is 0 Å². The van der Waals surface area contributed by atoms with E-state index in [1.165, 1.54) is 0 Å². The van der Waals surface area contributed by atoms with Crippen molar-refractivity contribution in [1.82, 2.24) is 9.55 Å². The van der Waals surface area contributed by atoms with E-state index in [0.717, 1.165) is 18.7 Å². The average molecular weight is 236 g/mol. The summed E-state index contributed by atoms with van der Waals surface area (Å²) in [6.45, 7) is 4.49. The minimum atomic E-state index is -0.989. The van der Waals surface area contributed by atoms with Crippen molar-refractivity contribution in [3.8, 4) is 0 Å². The standard InChI is InChI=1S/C12H16N2O3/c1-7-3-4-14-10(5-7)13-8(2)9(12(14)17)6-11(15)16/h7H,3-6H2,1-2H3,(H,15,16). The molecule has 0 fully saturated rings. The largest absolute Gasteiger partial charge is 0.481 e. The maximum Gasteiger partial charge on any atom is 0.308 e. The first kappa shape index (κ1) is 11.8. The van der Waals surface area contributed by atoms with Gasteiger partial charge in [0.25, 0.3) is 5.56 Å².